The van der Waals surface area contributed by atoms with Crippen LogP contribution in [-0.2, 0) is 19.1 Å². The third-order valence-electron chi connectivity index (χ3n) is 8.61. The molecule has 4 aromatic rings. The number of carbonyl (C=O) groups excluding carboxylic acids is 4. The predicted molar refractivity (Wildman–Crippen MR) is 160 cm³/mol. The smallest absolute Gasteiger partial charge is 0.338 e. The Labute approximate surface area is 250 Å². The second kappa shape index (κ2) is 10.1. The molecule has 208 valence electrons. The van der Waals surface area contributed by atoms with E-state index < -0.39 is 30.3 Å². The van der Waals surface area contributed by atoms with Crippen molar-refractivity contribution >= 4 is 51.0 Å². The van der Waals surface area contributed by atoms with E-state index in [-0.39, 0.29) is 29.2 Å². The molecule has 8 rings (SSSR count). The van der Waals surface area contributed by atoms with Gasteiger partial charge in [0.1, 0.15) is 0 Å². The van der Waals surface area contributed by atoms with Gasteiger partial charge in [0, 0.05) is 22.0 Å². The van der Waals surface area contributed by atoms with E-state index in [9.17, 15) is 19.2 Å². The van der Waals surface area contributed by atoms with E-state index in [2.05, 4.69) is 45.5 Å². The molecule has 0 saturated carbocycles. The number of hydrogen-bond acceptors (Lipinski definition) is 5. The number of carbonyl (C=O) groups is 4. The molecule has 0 aromatic heterocycles. The summed E-state index contributed by atoms with van der Waals surface area (Å²) >= 11 is 3.39. The van der Waals surface area contributed by atoms with Crippen LogP contribution in [0.5, 0.6) is 0 Å². The first-order valence-corrected chi connectivity index (χ1v) is 14.5. The highest BCUT2D eigenvalue weighted by atomic mass is 79.9. The van der Waals surface area contributed by atoms with Gasteiger partial charge >= 0.3 is 5.97 Å². The van der Waals surface area contributed by atoms with Crippen LogP contribution in [0, 0.1) is 18.8 Å². The Morgan fingerprint density at radius 1 is 0.786 bits per heavy atom. The SMILES string of the molecule is Cc1cc(Br)ccc1NC(=O)COC(=O)c1ccc(N2C(=O)[C@@H]3C4c5ccccc5C(c5ccccc54)[C@@H]3C2=O)cc1. The van der Waals surface area contributed by atoms with Gasteiger partial charge in [-0.15, -0.1) is 0 Å². The Balaban J connectivity index is 1.08. The van der Waals surface area contributed by atoms with E-state index in [4.69, 9.17) is 4.74 Å². The second-order valence-electron chi connectivity index (χ2n) is 10.9. The molecule has 3 amide bonds. The molecule has 42 heavy (non-hydrogen) atoms. The highest BCUT2D eigenvalue weighted by Gasteiger charge is 2.61. The number of anilines is 2. The van der Waals surface area contributed by atoms with Crippen molar-refractivity contribution in [1.29, 1.82) is 0 Å². The Bertz CT molecular complexity index is 1680. The van der Waals surface area contributed by atoms with E-state index >= 15 is 0 Å². The fourth-order valence-corrected chi connectivity index (χ4v) is 7.32. The number of imide groups is 1. The zero-order valence-corrected chi connectivity index (χ0v) is 24.1. The molecule has 4 aromatic carbocycles. The summed E-state index contributed by atoms with van der Waals surface area (Å²) in [7, 11) is 0. The van der Waals surface area contributed by atoms with Crippen LogP contribution >= 0.6 is 15.9 Å². The maximum atomic E-state index is 13.9. The third kappa shape index (κ3) is 4.09. The lowest BCUT2D eigenvalue weighted by Gasteiger charge is -2.45. The van der Waals surface area contributed by atoms with Crippen LogP contribution in [0.4, 0.5) is 11.4 Å². The molecule has 1 fully saturated rings. The van der Waals surface area contributed by atoms with Crippen LogP contribution < -0.4 is 10.2 Å². The molecule has 0 radical (unpaired) electrons. The number of amides is 3. The lowest BCUT2D eigenvalue weighted by molar-refractivity contribution is -0.122. The van der Waals surface area contributed by atoms with Gasteiger partial charge in [-0.3, -0.25) is 14.4 Å². The van der Waals surface area contributed by atoms with Crippen molar-refractivity contribution in [3.05, 3.63) is 129 Å². The van der Waals surface area contributed by atoms with Crippen LogP contribution in [0.1, 0.15) is 50.0 Å². The van der Waals surface area contributed by atoms with E-state index in [1.165, 1.54) is 17.0 Å². The zero-order chi connectivity index (χ0) is 29.1. The summed E-state index contributed by atoms with van der Waals surface area (Å²) in [6.45, 7) is 1.41. The quantitative estimate of drug-likeness (QED) is 0.220. The van der Waals surface area contributed by atoms with Crippen molar-refractivity contribution < 1.29 is 23.9 Å². The van der Waals surface area contributed by atoms with Crippen molar-refractivity contribution in [2.45, 2.75) is 18.8 Å². The summed E-state index contributed by atoms with van der Waals surface area (Å²) in [5.74, 6) is -2.92. The Kier molecular flexibility index (Phi) is 6.31. The summed E-state index contributed by atoms with van der Waals surface area (Å²) in [5.41, 5.74) is 6.57. The van der Waals surface area contributed by atoms with Crippen molar-refractivity contribution in [1.82, 2.24) is 0 Å². The van der Waals surface area contributed by atoms with Crippen molar-refractivity contribution in [2.75, 3.05) is 16.8 Å². The van der Waals surface area contributed by atoms with Crippen LogP contribution in [0.3, 0.4) is 0 Å². The summed E-state index contributed by atoms with van der Waals surface area (Å²) in [6, 6.07) is 27.8. The topological polar surface area (TPSA) is 92.8 Å². The third-order valence-corrected chi connectivity index (χ3v) is 9.10. The normalized spacial score (nSPS) is 21.4. The fraction of sp³-hybridized carbons (Fsp3) is 0.176. The van der Waals surface area contributed by atoms with Gasteiger partial charge in [-0.25, -0.2) is 9.69 Å². The first-order chi connectivity index (χ1) is 20.3. The highest BCUT2D eigenvalue weighted by Crippen LogP contribution is 2.61. The minimum atomic E-state index is -0.680. The van der Waals surface area contributed by atoms with Crippen molar-refractivity contribution in [3.63, 3.8) is 0 Å². The Morgan fingerprint density at radius 3 is 1.81 bits per heavy atom. The van der Waals surface area contributed by atoms with E-state index in [0.29, 0.717) is 11.4 Å². The monoisotopic (exact) mass is 620 g/mol. The zero-order valence-electron chi connectivity index (χ0n) is 22.5. The number of rotatable bonds is 5. The molecule has 3 aliphatic carbocycles. The number of ether oxygens (including phenoxy) is 1. The van der Waals surface area contributed by atoms with Crippen molar-refractivity contribution in [3.8, 4) is 0 Å². The summed E-state index contributed by atoms with van der Waals surface area (Å²) in [6.07, 6.45) is 0. The number of nitrogens with zero attached hydrogens (tertiary/aromatic N) is 1. The molecule has 2 atom stereocenters. The maximum Gasteiger partial charge on any atom is 0.338 e. The highest BCUT2D eigenvalue weighted by molar-refractivity contribution is 9.10. The number of aryl methyl sites for hydroxylation is 1. The molecular weight excluding hydrogens is 596 g/mol. The van der Waals surface area contributed by atoms with Crippen LogP contribution in [0.25, 0.3) is 0 Å². The van der Waals surface area contributed by atoms with Gasteiger partial charge in [0.15, 0.2) is 6.61 Å². The molecule has 0 unspecified atom stereocenters. The Morgan fingerprint density at radius 2 is 1.31 bits per heavy atom. The van der Waals surface area contributed by atoms with Crippen molar-refractivity contribution in [2.24, 2.45) is 11.8 Å². The van der Waals surface area contributed by atoms with Gasteiger partial charge in [-0.1, -0.05) is 64.5 Å². The lowest BCUT2D eigenvalue weighted by atomic mass is 9.55. The van der Waals surface area contributed by atoms with Gasteiger partial charge in [-0.05, 0) is 77.2 Å². The molecule has 1 saturated heterocycles. The van der Waals surface area contributed by atoms with E-state index in [1.54, 1.807) is 18.2 Å². The summed E-state index contributed by atoms with van der Waals surface area (Å²) in [5, 5.41) is 2.73. The number of hydrogen-bond donors (Lipinski definition) is 1. The second-order valence-corrected chi connectivity index (χ2v) is 11.8. The van der Waals surface area contributed by atoms with Crippen LogP contribution in [0.15, 0.2) is 95.5 Å². The maximum absolute atomic E-state index is 13.9. The largest absolute Gasteiger partial charge is 0.452 e. The first-order valence-electron chi connectivity index (χ1n) is 13.7. The minimum absolute atomic E-state index is 0.185. The number of halogens is 1. The van der Waals surface area contributed by atoms with Crippen LogP contribution in [-0.4, -0.2) is 30.3 Å². The van der Waals surface area contributed by atoms with Gasteiger partial charge < -0.3 is 10.1 Å². The number of benzene rings is 4. The van der Waals surface area contributed by atoms with Gasteiger partial charge in [-0.2, -0.15) is 0 Å². The van der Waals surface area contributed by atoms with Crippen LogP contribution in [0.2, 0.25) is 0 Å². The molecule has 1 aliphatic heterocycles. The molecule has 2 bridgehead atoms. The molecule has 1 N–H and O–H groups in total. The average molecular weight is 621 g/mol. The molecule has 0 spiro atoms. The predicted octanol–water partition coefficient (Wildman–Crippen LogP) is 5.95. The standard InChI is InChI=1S/C34H25BrN2O5/c1-18-16-20(35)12-15-26(18)36-27(38)17-42-34(41)19-10-13-21(14-11-19)37-32(39)30-28-22-6-2-3-7-23(22)29(31(30)33(37)40)25-9-5-4-8-24(25)28/h2-16,28-31H,17H2,1H3,(H,36,38)/t28?,29?,30-,31+. The molecule has 8 heteroatoms. The van der Waals surface area contributed by atoms with E-state index in [1.807, 2.05) is 43.3 Å². The van der Waals surface area contributed by atoms with Gasteiger partial charge in [0.25, 0.3) is 5.91 Å². The number of esters is 1. The average Bonchev–Trinajstić information content (AvgIpc) is 3.27. The molecule has 4 aliphatic rings. The number of nitrogens with one attached hydrogen (secondary N) is 1. The summed E-state index contributed by atoms with van der Waals surface area (Å²) in [4.78, 5) is 54.1. The fourth-order valence-electron chi connectivity index (χ4n) is 6.85. The molecule has 7 nitrogen and oxygen atoms in total. The van der Waals surface area contributed by atoms with Gasteiger partial charge in [0.05, 0.1) is 23.1 Å². The lowest BCUT2D eigenvalue weighted by Crippen LogP contribution is -2.41. The molecular formula is C34H25BrN2O5. The molecule has 1 heterocycles. The minimum Gasteiger partial charge on any atom is -0.452 e. The van der Waals surface area contributed by atoms with Gasteiger partial charge in [0.2, 0.25) is 11.8 Å². The summed E-state index contributed by atoms with van der Waals surface area (Å²) < 4.78 is 6.11. The van der Waals surface area contributed by atoms with E-state index in [0.717, 1.165) is 32.3 Å². The first kappa shape index (κ1) is 26.3. The Hall–Kier alpha value is -4.56.